The number of rotatable bonds is 4. The lowest BCUT2D eigenvalue weighted by atomic mass is 10.00. The summed E-state index contributed by atoms with van der Waals surface area (Å²) in [5, 5.41) is 1.26. The van der Waals surface area contributed by atoms with E-state index < -0.39 is 0 Å². The molecule has 4 nitrogen and oxygen atoms in total. The first kappa shape index (κ1) is 11.8. The predicted octanol–water partition coefficient (Wildman–Crippen LogP) is 1.63. The number of hydrogen-bond donors (Lipinski definition) is 0. The molecule has 84 valence electrons. The zero-order valence-corrected chi connectivity index (χ0v) is 9.73. The minimum absolute atomic E-state index is 0.0313. The average molecular weight is 210 g/mol. The molecule has 1 amide bonds. The largest absolute Gasteiger partial charge is 0.348 e. The molecule has 0 aromatic carbocycles. The van der Waals surface area contributed by atoms with Crippen LogP contribution in [0.25, 0.3) is 0 Å². The SMILES string of the molecule is CON(C)C(=O)CC(C)(C)n1cccc1. The lowest BCUT2D eigenvalue weighted by molar-refractivity contribution is -0.170. The minimum atomic E-state index is -0.229. The van der Waals surface area contributed by atoms with Gasteiger partial charge in [-0.3, -0.25) is 9.63 Å². The molecule has 0 aliphatic heterocycles. The number of nitrogens with zero attached hydrogens (tertiary/aromatic N) is 2. The van der Waals surface area contributed by atoms with Gasteiger partial charge in [0.1, 0.15) is 0 Å². The van der Waals surface area contributed by atoms with Crippen LogP contribution in [0, 0.1) is 0 Å². The molecule has 0 spiro atoms. The zero-order valence-electron chi connectivity index (χ0n) is 9.73. The van der Waals surface area contributed by atoms with Crippen LogP contribution in [0.2, 0.25) is 0 Å². The van der Waals surface area contributed by atoms with Gasteiger partial charge < -0.3 is 4.57 Å². The molecule has 15 heavy (non-hydrogen) atoms. The third-order valence-corrected chi connectivity index (χ3v) is 2.51. The van der Waals surface area contributed by atoms with Crippen molar-refractivity contribution >= 4 is 5.91 Å². The van der Waals surface area contributed by atoms with Crippen LogP contribution in [0.5, 0.6) is 0 Å². The quantitative estimate of drug-likeness (QED) is 0.708. The second-order valence-electron chi connectivity index (χ2n) is 4.15. The molecule has 4 heteroatoms. The first-order valence-corrected chi connectivity index (χ1v) is 4.91. The van der Waals surface area contributed by atoms with E-state index in [2.05, 4.69) is 0 Å². The maximum atomic E-state index is 11.7. The van der Waals surface area contributed by atoms with Gasteiger partial charge in [-0.15, -0.1) is 0 Å². The van der Waals surface area contributed by atoms with Crippen molar-refractivity contribution in [1.82, 2.24) is 9.63 Å². The Hall–Kier alpha value is -1.29. The van der Waals surface area contributed by atoms with Gasteiger partial charge in [0, 0.05) is 25.0 Å². The van der Waals surface area contributed by atoms with Gasteiger partial charge in [-0.05, 0) is 26.0 Å². The highest BCUT2D eigenvalue weighted by Crippen LogP contribution is 2.20. The summed E-state index contributed by atoms with van der Waals surface area (Å²) in [6.45, 7) is 4.04. The van der Waals surface area contributed by atoms with E-state index in [9.17, 15) is 4.79 Å². The smallest absolute Gasteiger partial charge is 0.248 e. The van der Waals surface area contributed by atoms with E-state index in [1.807, 2.05) is 42.9 Å². The molecular formula is C11H18N2O2. The predicted molar refractivity (Wildman–Crippen MR) is 58.2 cm³/mol. The third-order valence-electron chi connectivity index (χ3n) is 2.51. The third kappa shape index (κ3) is 2.83. The Balaban J connectivity index is 2.69. The Morgan fingerprint density at radius 1 is 1.40 bits per heavy atom. The molecule has 0 aliphatic carbocycles. The highest BCUT2D eigenvalue weighted by Gasteiger charge is 2.24. The maximum absolute atomic E-state index is 11.7. The fourth-order valence-electron chi connectivity index (χ4n) is 1.41. The number of hydroxylamine groups is 2. The van der Waals surface area contributed by atoms with Gasteiger partial charge in [0.25, 0.3) is 0 Å². The van der Waals surface area contributed by atoms with Gasteiger partial charge in [-0.25, -0.2) is 5.06 Å². The summed E-state index contributed by atoms with van der Waals surface area (Å²) < 4.78 is 2.02. The van der Waals surface area contributed by atoms with E-state index in [0.29, 0.717) is 6.42 Å². The second-order valence-corrected chi connectivity index (χ2v) is 4.15. The van der Waals surface area contributed by atoms with E-state index in [0.717, 1.165) is 0 Å². The summed E-state index contributed by atoms with van der Waals surface area (Å²) in [5.41, 5.74) is -0.229. The molecule has 0 unspecified atom stereocenters. The van der Waals surface area contributed by atoms with Gasteiger partial charge in [0.2, 0.25) is 5.91 Å². The Morgan fingerprint density at radius 2 is 1.93 bits per heavy atom. The van der Waals surface area contributed by atoms with Gasteiger partial charge in [-0.2, -0.15) is 0 Å². The Labute approximate surface area is 90.4 Å². The summed E-state index contributed by atoms with van der Waals surface area (Å²) in [6.07, 6.45) is 4.33. The average Bonchev–Trinajstić information content (AvgIpc) is 2.69. The maximum Gasteiger partial charge on any atom is 0.248 e. The molecule has 0 atom stereocenters. The monoisotopic (exact) mass is 210 g/mol. The first-order chi connectivity index (χ1) is 6.97. The van der Waals surface area contributed by atoms with Crippen LogP contribution in [0.4, 0.5) is 0 Å². The molecule has 1 aromatic heterocycles. The molecule has 0 radical (unpaired) electrons. The number of aromatic nitrogens is 1. The molecule has 0 N–H and O–H groups in total. The molecule has 1 rings (SSSR count). The van der Waals surface area contributed by atoms with Crippen molar-refractivity contribution in [3.05, 3.63) is 24.5 Å². The van der Waals surface area contributed by atoms with Crippen molar-refractivity contribution in [1.29, 1.82) is 0 Å². The van der Waals surface area contributed by atoms with Gasteiger partial charge >= 0.3 is 0 Å². The Bertz CT molecular complexity index is 317. The van der Waals surface area contributed by atoms with E-state index in [1.54, 1.807) is 7.05 Å². The zero-order chi connectivity index (χ0) is 11.5. The van der Waals surface area contributed by atoms with Crippen LogP contribution in [0.1, 0.15) is 20.3 Å². The summed E-state index contributed by atoms with van der Waals surface area (Å²) in [4.78, 5) is 16.5. The van der Waals surface area contributed by atoms with Crippen molar-refractivity contribution in [3.63, 3.8) is 0 Å². The summed E-state index contributed by atoms with van der Waals surface area (Å²) >= 11 is 0. The van der Waals surface area contributed by atoms with Crippen LogP contribution < -0.4 is 0 Å². The van der Waals surface area contributed by atoms with E-state index >= 15 is 0 Å². The Kier molecular flexibility index (Phi) is 3.52. The van der Waals surface area contributed by atoms with Crippen molar-refractivity contribution in [2.75, 3.05) is 14.2 Å². The number of amides is 1. The normalized spacial score (nSPS) is 11.5. The molecule has 0 bridgehead atoms. The number of carbonyl (C=O) groups is 1. The van der Waals surface area contributed by atoms with Crippen molar-refractivity contribution in [2.24, 2.45) is 0 Å². The first-order valence-electron chi connectivity index (χ1n) is 4.91. The molecule has 0 fully saturated rings. The van der Waals surface area contributed by atoms with Crippen molar-refractivity contribution in [2.45, 2.75) is 25.8 Å². The molecule has 0 saturated carbocycles. The fourth-order valence-corrected chi connectivity index (χ4v) is 1.41. The van der Waals surface area contributed by atoms with Crippen LogP contribution >= 0.6 is 0 Å². The van der Waals surface area contributed by atoms with Crippen LogP contribution in [-0.4, -0.2) is 29.7 Å². The summed E-state index contributed by atoms with van der Waals surface area (Å²) in [7, 11) is 3.11. The number of carbonyl (C=O) groups excluding carboxylic acids is 1. The number of hydrogen-bond acceptors (Lipinski definition) is 2. The topological polar surface area (TPSA) is 34.5 Å². The van der Waals surface area contributed by atoms with Crippen molar-refractivity contribution in [3.8, 4) is 0 Å². The lowest BCUT2D eigenvalue weighted by Crippen LogP contribution is -2.35. The fraction of sp³-hybridized carbons (Fsp3) is 0.545. The van der Waals surface area contributed by atoms with E-state index in [4.69, 9.17) is 4.84 Å². The molecule has 0 saturated heterocycles. The standard InChI is InChI=1S/C11H18N2O2/c1-11(2,13-7-5-6-8-13)9-10(14)12(3)15-4/h5-8H,9H2,1-4H3. The van der Waals surface area contributed by atoms with Crippen LogP contribution in [0.15, 0.2) is 24.5 Å². The van der Waals surface area contributed by atoms with Gasteiger partial charge in [-0.1, -0.05) is 0 Å². The lowest BCUT2D eigenvalue weighted by Gasteiger charge is -2.28. The van der Waals surface area contributed by atoms with Crippen LogP contribution in [-0.2, 0) is 15.2 Å². The van der Waals surface area contributed by atoms with Gasteiger partial charge in [0.15, 0.2) is 0 Å². The van der Waals surface area contributed by atoms with E-state index in [-0.39, 0.29) is 11.4 Å². The highest BCUT2D eigenvalue weighted by molar-refractivity contribution is 5.75. The van der Waals surface area contributed by atoms with Crippen LogP contribution in [0.3, 0.4) is 0 Å². The molecule has 0 aliphatic rings. The molecular weight excluding hydrogens is 192 g/mol. The van der Waals surface area contributed by atoms with E-state index in [1.165, 1.54) is 12.2 Å². The minimum Gasteiger partial charge on any atom is -0.348 e. The molecule has 1 aromatic rings. The second kappa shape index (κ2) is 4.49. The summed E-state index contributed by atoms with van der Waals surface area (Å²) in [6, 6.07) is 3.90. The molecule has 1 heterocycles. The van der Waals surface area contributed by atoms with Gasteiger partial charge in [0.05, 0.1) is 13.5 Å². The highest BCUT2D eigenvalue weighted by atomic mass is 16.7. The summed E-state index contributed by atoms with van der Waals surface area (Å²) in [5.74, 6) is -0.0313. The van der Waals surface area contributed by atoms with Crippen molar-refractivity contribution < 1.29 is 9.63 Å². The Morgan fingerprint density at radius 3 is 2.40 bits per heavy atom.